The smallest absolute Gasteiger partial charge is 0.304 e. The lowest BCUT2D eigenvalue weighted by Gasteiger charge is -2.20. The molecule has 108 valence electrons. The van der Waals surface area contributed by atoms with Gasteiger partial charge in [-0.1, -0.05) is 46.7 Å². The topological polar surface area (TPSA) is 74.6 Å². The van der Waals surface area contributed by atoms with E-state index in [0.717, 1.165) is 5.57 Å². The van der Waals surface area contributed by atoms with Gasteiger partial charge in [-0.25, -0.2) is 0 Å². The van der Waals surface area contributed by atoms with Gasteiger partial charge in [-0.2, -0.15) is 0 Å². The van der Waals surface area contributed by atoms with Crippen molar-refractivity contribution in [3.8, 4) is 0 Å². The third kappa shape index (κ3) is 9.47. The van der Waals surface area contributed by atoms with Gasteiger partial charge in [-0.15, -0.1) is 0 Å². The molecule has 0 heterocycles. The Balaban J connectivity index is 4.31. The highest BCUT2D eigenvalue weighted by Gasteiger charge is 2.22. The van der Waals surface area contributed by atoms with Gasteiger partial charge in [0.25, 0.3) is 0 Å². The van der Waals surface area contributed by atoms with Crippen molar-refractivity contribution < 1.29 is 19.8 Å². The van der Waals surface area contributed by atoms with E-state index >= 15 is 0 Å². The van der Waals surface area contributed by atoms with Crippen LogP contribution in [0.3, 0.4) is 0 Å². The molecular formula is C14H21BrO4. The Morgan fingerprint density at radius 3 is 2.37 bits per heavy atom. The van der Waals surface area contributed by atoms with Crippen LogP contribution in [0.1, 0.15) is 39.5 Å². The minimum Gasteiger partial charge on any atom is -0.481 e. The van der Waals surface area contributed by atoms with Crippen LogP contribution in [0.5, 0.6) is 0 Å². The second-order valence-corrected chi connectivity index (χ2v) is 5.51. The molecular weight excluding hydrogens is 312 g/mol. The summed E-state index contributed by atoms with van der Waals surface area (Å²) in [5.41, 5.74) is 0.692. The van der Waals surface area contributed by atoms with E-state index in [1.54, 1.807) is 0 Å². The number of hydrogen-bond acceptors (Lipinski definition) is 2. The van der Waals surface area contributed by atoms with Crippen LogP contribution in [0.15, 0.2) is 23.8 Å². The zero-order valence-corrected chi connectivity index (χ0v) is 12.9. The zero-order chi connectivity index (χ0) is 14.9. The first kappa shape index (κ1) is 17.9. The molecule has 19 heavy (non-hydrogen) atoms. The third-order valence-corrected chi connectivity index (χ3v) is 3.95. The number of carbonyl (C=O) groups is 2. The van der Waals surface area contributed by atoms with Crippen molar-refractivity contribution in [1.29, 1.82) is 0 Å². The molecule has 0 bridgehead atoms. The number of carboxylic acid groups (broad SMARTS) is 2. The van der Waals surface area contributed by atoms with E-state index in [9.17, 15) is 9.59 Å². The Morgan fingerprint density at radius 1 is 1.26 bits per heavy atom. The molecule has 2 N–H and O–H groups in total. The van der Waals surface area contributed by atoms with Crippen LogP contribution in [0.4, 0.5) is 0 Å². The van der Waals surface area contributed by atoms with Crippen LogP contribution in [0.2, 0.25) is 0 Å². The normalized spacial score (nSPS) is 15.4. The standard InChI is InChI=1S/C14H21BrO4/c1-11(5-3-7-12(16)17)6-4-8-14(2,10-15)9-13(18)19/h4-5,8H,3,6-7,9-10H2,1-2H3,(H,16,17)(H,18,19). The molecule has 0 rings (SSSR count). The Hall–Kier alpha value is -1.10. The molecule has 4 nitrogen and oxygen atoms in total. The van der Waals surface area contributed by atoms with E-state index in [1.165, 1.54) is 0 Å². The van der Waals surface area contributed by atoms with Crippen LogP contribution in [-0.4, -0.2) is 27.5 Å². The lowest BCUT2D eigenvalue weighted by Crippen LogP contribution is -2.19. The van der Waals surface area contributed by atoms with Gasteiger partial charge in [-0.05, 0) is 19.8 Å². The van der Waals surface area contributed by atoms with Gasteiger partial charge in [0.2, 0.25) is 0 Å². The van der Waals surface area contributed by atoms with E-state index in [2.05, 4.69) is 15.9 Å². The molecule has 0 aromatic rings. The minimum atomic E-state index is -0.819. The first-order valence-corrected chi connectivity index (χ1v) is 7.24. The quantitative estimate of drug-likeness (QED) is 0.499. The molecule has 0 aliphatic heterocycles. The van der Waals surface area contributed by atoms with E-state index in [1.807, 2.05) is 32.1 Å². The monoisotopic (exact) mass is 332 g/mol. The fraction of sp³-hybridized carbons (Fsp3) is 0.571. The maximum atomic E-state index is 10.8. The second kappa shape index (κ2) is 8.91. The van der Waals surface area contributed by atoms with Crippen molar-refractivity contribution in [2.75, 3.05) is 5.33 Å². The van der Waals surface area contributed by atoms with Crippen LogP contribution in [0.25, 0.3) is 0 Å². The number of halogens is 1. The van der Waals surface area contributed by atoms with E-state index in [4.69, 9.17) is 10.2 Å². The molecule has 0 aliphatic carbocycles. The van der Waals surface area contributed by atoms with Crippen LogP contribution < -0.4 is 0 Å². The SMILES string of the molecule is CC(=CCCC(=O)O)CC=CC(C)(CBr)CC(=O)O. The average Bonchev–Trinajstić information content (AvgIpc) is 2.27. The summed E-state index contributed by atoms with van der Waals surface area (Å²) in [6.45, 7) is 3.82. The summed E-state index contributed by atoms with van der Waals surface area (Å²) < 4.78 is 0. The second-order valence-electron chi connectivity index (χ2n) is 4.95. The Labute approximate surface area is 122 Å². The fourth-order valence-electron chi connectivity index (χ4n) is 1.55. The summed E-state index contributed by atoms with van der Waals surface area (Å²) in [6.07, 6.45) is 7.21. The average molecular weight is 333 g/mol. The van der Waals surface area contributed by atoms with Crippen LogP contribution >= 0.6 is 15.9 Å². The molecule has 0 radical (unpaired) electrons. The number of aliphatic carboxylic acids is 2. The Bertz CT molecular complexity index is 374. The fourth-order valence-corrected chi connectivity index (χ4v) is 1.94. The highest BCUT2D eigenvalue weighted by atomic mass is 79.9. The molecule has 0 spiro atoms. The van der Waals surface area contributed by atoms with Gasteiger partial charge in [0, 0.05) is 17.2 Å². The van der Waals surface area contributed by atoms with Crippen molar-refractivity contribution in [3.63, 3.8) is 0 Å². The van der Waals surface area contributed by atoms with Gasteiger partial charge >= 0.3 is 11.9 Å². The van der Waals surface area contributed by atoms with E-state index < -0.39 is 17.4 Å². The summed E-state index contributed by atoms with van der Waals surface area (Å²) >= 11 is 3.33. The summed E-state index contributed by atoms with van der Waals surface area (Å²) in [7, 11) is 0. The molecule has 0 aromatic heterocycles. The number of rotatable bonds is 9. The van der Waals surface area contributed by atoms with Gasteiger partial charge in [0.15, 0.2) is 0 Å². The van der Waals surface area contributed by atoms with Crippen molar-refractivity contribution >= 4 is 27.9 Å². The number of carboxylic acids is 2. The molecule has 5 heteroatoms. The largest absolute Gasteiger partial charge is 0.481 e. The molecule has 0 aromatic carbocycles. The predicted octanol–water partition coefficient (Wildman–Crippen LogP) is 3.62. The van der Waals surface area contributed by atoms with Crippen molar-refractivity contribution in [3.05, 3.63) is 23.8 Å². The maximum absolute atomic E-state index is 10.8. The van der Waals surface area contributed by atoms with Crippen molar-refractivity contribution in [1.82, 2.24) is 0 Å². The van der Waals surface area contributed by atoms with Gasteiger partial charge in [0.1, 0.15) is 0 Å². The van der Waals surface area contributed by atoms with Gasteiger partial charge in [-0.3, -0.25) is 9.59 Å². The predicted molar refractivity (Wildman–Crippen MR) is 78.5 cm³/mol. The van der Waals surface area contributed by atoms with Gasteiger partial charge in [0.05, 0.1) is 6.42 Å². The summed E-state index contributed by atoms with van der Waals surface area (Å²) in [4.78, 5) is 21.1. The summed E-state index contributed by atoms with van der Waals surface area (Å²) in [6, 6.07) is 0. The highest BCUT2D eigenvalue weighted by molar-refractivity contribution is 9.09. The lowest BCUT2D eigenvalue weighted by molar-refractivity contribution is -0.139. The number of hydrogen-bond donors (Lipinski definition) is 2. The Kier molecular flexibility index (Phi) is 8.39. The van der Waals surface area contributed by atoms with Crippen LogP contribution in [-0.2, 0) is 9.59 Å². The number of alkyl halides is 1. The molecule has 1 atom stereocenters. The van der Waals surface area contributed by atoms with Gasteiger partial charge < -0.3 is 10.2 Å². The van der Waals surface area contributed by atoms with E-state index in [-0.39, 0.29) is 12.8 Å². The minimum absolute atomic E-state index is 0.0799. The zero-order valence-electron chi connectivity index (χ0n) is 11.4. The van der Waals surface area contributed by atoms with Crippen LogP contribution in [0, 0.1) is 5.41 Å². The first-order valence-electron chi connectivity index (χ1n) is 6.12. The molecule has 0 fully saturated rings. The highest BCUT2D eigenvalue weighted by Crippen LogP contribution is 2.26. The number of allylic oxidation sites excluding steroid dienone is 4. The molecule has 0 saturated heterocycles. The Morgan fingerprint density at radius 2 is 1.89 bits per heavy atom. The molecule has 0 amide bonds. The summed E-state index contributed by atoms with van der Waals surface area (Å²) in [5.74, 6) is -1.62. The van der Waals surface area contributed by atoms with Crippen molar-refractivity contribution in [2.24, 2.45) is 5.41 Å². The summed E-state index contributed by atoms with van der Waals surface area (Å²) in [5, 5.41) is 17.9. The lowest BCUT2D eigenvalue weighted by atomic mass is 9.88. The van der Waals surface area contributed by atoms with E-state index in [0.29, 0.717) is 18.2 Å². The molecule has 0 saturated carbocycles. The maximum Gasteiger partial charge on any atom is 0.304 e. The molecule has 0 aliphatic rings. The first-order chi connectivity index (χ1) is 8.79. The third-order valence-electron chi connectivity index (χ3n) is 2.67. The van der Waals surface area contributed by atoms with Crippen molar-refractivity contribution in [2.45, 2.75) is 39.5 Å². The molecule has 1 unspecified atom stereocenters.